The summed E-state index contributed by atoms with van der Waals surface area (Å²) in [4.78, 5) is 57.4. The molecule has 2 amide bonds. The van der Waals surface area contributed by atoms with E-state index in [1.54, 1.807) is 36.5 Å². The van der Waals surface area contributed by atoms with Crippen molar-refractivity contribution < 1.29 is 23.1 Å². The zero-order valence-electron chi connectivity index (χ0n) is 28.0. The lowest BCUT2D eigenvalue weighted by Gasteiger charge is -2.29. The predicted molar refractivity (Wildman–Crippen MR) is 189 cm³/mol. The van der Waals surface area contributed by atoms with Gasteiger partial charge in [-0.05, 0) is 80.5 Å². The largest absolute Gasteiger partial charge is 0.496 e. The van der Waals surface area contributed by atoms with E-state index in [2.05, 4.69) is 42.5 Å². The first-order valence-electron chi connectivity index (χ1n) is 16.3. The molecular weight excluding hydrogens is 658 g/mol. The van der Waals surface area contributed by atoms with E-state index in [1.165, 1.54) is 24.4 Å². The average molecular weight is 695 g/mol. The van der Waals surface area contributed by atoms with Crippen LogP contribution in [0.4, 0.5) is 20.4 Å². The van der Waals surface area contributed by atoms with E-state index in [0.29, 0.717) is 34.0 Å². The van der Waals surface area contributed by atoms with Crippen LogP contribution in [-0.4, -0.2) is 81.4 Å². The monoisotopic (exact) mass is 694 g/mol. The minimum atomic E-state index is -1.04. The molecular formula is C37H36F2N8O4. The number of halogens is 2. The first kappa shape index (κ1) is 34.8. The van der Waals surface area contributed by atoms with Crippen molar-refractivity contribution >= 4 is 40.4 Å². The number of hydrogen-bond donors (Lipinski definition) is 3. The van der Waals surface area contributed by atoms with Crippen LogP contribution in [0.15, 0.2) is 84.2 Å². The molecule has 1 aliphatic heterocycles. The summed E-state index contributed by atoms with van der Waals surface area (Å²) in [6.07, 6.45) is 9.34. The van der Waals surface area contributed by atoms with Crippen LogP contribution in [0.1, 0.15) is 44.7 Å². The molecule has 6 rings (SSSR count). The molecule has 0 spiro atoms. The molecule has 2 aromatic heterocycles. The number of nitrogens with one attached hydrogen (secondary N) is 3. The molecule has 0 bridgehead atoms. The van der Waals surface area contributed by atoms with E-state index in [4.69, 9.17) is 4.74 Å². The third kappa shape index (κ3) is 8.59. The SMILES string of the molecule is COc1cc(Nc2ncc3cc(/C=C/CN(Cc4ccc(F)c(F)c4)C(=O)c4cnc[nH]c4=O)ccc3n2)ccc1C(=O)NC1CCN(C)CC1. The molecule has 0 aliphatic carbocycles. The molecule has 0 atom stereocenters. The zero-order chi connectivity index (χ0) is 35.9. The smallest absolute Gasteiger partial charge is 0.263 e. The Bertz CT molecular complexity index is 2150. The van der Waals surface area contributed by atoms with Gasteiger partial charge in [-0.3, -0.25) is 14.4 Å². The number of piperidine rings is 1. The molecule has 12 nitrogen and oxygen atoms in total. The Kier molecular flexibility index (Phi) is 10.7. The van der Waals surface area contributed by atoms with Crippen molar-refractivity contribution in [3.05, 3.63) is 124 Å². The normalized spacial score (nSPS) is 13.7. The highest BCUT2D eigenvalue weighted by atomic mass is 19.2. The number of carbonyl (C=O) groups is 2. The molecule has 0 saturated carbocycles. The molecule has 3 N–H and O–H groups in total. The highest BCUT2D eigenvalue weighted by molar-refractivity contribution is 5.98. The van der Waals surface area contributed by atoms with E-state index in [1.807, 2.05) is 18.2 Å². The Balaban J connectivity index is 1.13. The van der Waals surface area contributed by atoms with Crippen molar-refractivity contribution in [1.29, 1.82) is 0 Å². The van der Waals surface area contributed by atoms with Gasteiger partial charge in [0.25, 0.3) is 17.4 Å². The van der Waals surface area contributed by atoms with E-state index >= 15 is 0 Å². The maximum Gasteiger partial charge on any atom is 0.263 e. The summed E-state index contributed by atoms with van der Waals surface area (Å²) in [7, 11) is 3.60. The van der Waals surface area contributed by atoms with E-state index in [0.717, 1.165) is 55.2 Å². The van der Waals surface area contributed by atoms with Crippen molar-refractivity contribution in [2.45, 2.75) is 25.4 Å². The van der Waals surface area contributed by atoms with Crippen LogP contribution >= 0.6 is 0 Å². The maximum atomic E-state index is 13.9. The highest BCUT2D eigenvalue weighted by Crippen LogP contribution is 2.26. The number of anilines is 2. The number of methoxy groups -OCH3 is 1. The first-order chi connectivity index (χ1) is 24.7. The topological polar surface area (TPSA) is 145 Å². The van der Waals surface area contributed by atoms with Gasteiger partial charge in [-0.25, -0.2) is 23.7 Å². The number of nitrogens with zero attached hydrogens (tertiary/aromatic N) is 5. The molecule has 1 fully saturated rings. The number of carbonyl (C=O) groups excluding carboxylic acids is 2. The van der Waals surface area contributed by atoms with Gasteiger partial charge in [0.05, 0.1) is 24.5 Å². The number of aromatic nitrogens is 4. The Morgan fingerprint density at radius 1 is 1.04 bits per heavy atom. The summed E-state index contributed by atoms with van der Waals surface area (Å²) in [6.45, 7) is 1.87. The van der Waals surface area contributed by atoms with Gasteiger partial charge in [0.15, 0.2) is 11.6 Å². The third-order valence-corrected chi connectivity index (χ3v) is 8.59. The number of likely N-dealkylation sites (tertiary alicyclic amines) is 1. The van der Waals surface area contributed by atoms with Gasteiger partial charge in [-0.1, -0.05) is 24.3 Å². The summed E-state index contributed by atoms with van der Waals surface area (Å²) in [5.41, 5.74) is 2.14. The lowest BCUT2D eigenvalue weighted by molar-refractivity contribution is 0.0760. The number of rotatable bonds is 11. The fourth-order valence-electron chi connectivity index (χ4n) is 5.78. The van der Waals surface area contributed by atoms with Gasteiger partial charge in [0.1, 0.15) is 11.3 Å². The first-order valence-corrected chi connectivity index (χ1v) is 16.3. The predicted octanol–water partition coefficient (Wildman–Crippen LogP) is 4.92. The van der Waals surface area contributed by atoms with Gasteiger partial charge < -0.3 is 30.2 Å². The maximum absolute atomic E-state index is 13.9. The molecule has 3 heterocycles. The molecule has 51 heavy (non-hydrogen) atoms. The van der Waals surface area contributed by atoms with Crippen molar-refractivity contribution in [2.24, 2.45) is 0 Å². The van der Waals surface area contributed by atoms with Gasteiger partial charge >= 0.3 is 0 Å². The van der Waals surface area contributed by atoms with Crippen molar-refractivity contribution in [2.75, 3.05) is 39.1 Å². The summed E-state index contributed by atoms with van der Waals surface area (Å²) < 4.78 is 33.0. The van der Waals surface area contributed by atoms with Gasteiger partial charge in [-0.15, -0.1) is 0 Å². The fourth-order valence-corrected chi connectivity index (χ4v) is 5.78. The van der Waals surface area contributed by atoms with Crippen LogP contribution in [0.25, 0.3) is 17.0 Å². The van der Waals surface area contributed by atoms with E-state index in [-0.39, 0.29) is 30.6 Å². The van der Waals surface area contributed by atoms with Crippen LogP contribution in [-0.2, 0) is 6.54 Å². The Hall–Kier alpha value is -6.02. The second kappa shape index (κ2) is 15.7. The summed E-state index contributed by atoms with van der Waals surface area (Å²) in [5.74, 6) is -2.04. The standard InChI is InChI=1S/C37H36F2N8O4/c1-46-14-11-26(12-15-46)43-35(49)28-8-7-27(18-33(28)51-2)44-37-41-19-25-16-23(6-10-32(25)45-37)4-3-13-47(21-24-5-9-30(38)31(39)17-24)36(50)29-20-40-22-42-34(29)48/h3-10,16-20,22,26H,11-15,21H2,1-2H3,(H,43,49)(H,40,42,48)(H,41,44,45)/b4-3+. The minimum absolute atomic E-state index is 0.0612. The van der Waals surface area contributed by atoms with Crippen LogP contribution < -0.4 is 20.9 Å². The van der Waals surface area contributed by atoms with Crippen LogP contribution in [0, 0.1) is 11.6 Å². The third-order valence-electron chi connectivity index (χ3n) is 8.59. The molecule has 262 valence electrons. The highest BCUT2D eigenvalue weighted by Gasteiger charge is 2.22. The molecule has 0 radical (unpaired) electrons. The number of hydrogen-bond acceptors (Lipinski definition) is 9. The molecule has 0 unspecified atom stereocenters. The number of amides is 2. The Morgan fingerprint density at radius 2 is 1.86 bits per heavy atom. The summed E-state index contributed by atoms with van der Waals surface area (Å²) in [5, 5.41) is 7.05. The molecule has 1 saturated heterocycles. The Labute approximate surface area is 292 Å². The zero-order valence-corrected chi connectivity index (χ0v) is 28.0. The average Bonchev–Trinajstić information content (AvgIpc) is 3.13. The van der Waals surface area contributed by atoms with Crippen molar-refractivity contribution in [3.8, 4) is 5.75 Å². The second-order valence-corrected chi connectivity index (χ2v) is 12.2. The summed E-state index contributed by atoms with van der Waals surface area (Å²) in [6, 6.07) is 14.3. The number of ether oxygens (including phenoxy) is 1. The molecule has 1 aliphatic rings. The lowest BCUT2D eigenvalue weighted by atomic mass is 10.0. The van der Waals surface area contributed by atoms with E-state index < -0.39 is 23.1 Å². The summed E-state index contributed by atoms with van der Waals surface area (Å²) >= 11 is 0. The minimum Gasteiger partial charge on any atom is -0.496 e. The number of aromatic amines is 1. The molecule has 14 heteroatoms. The van der Waals surface area contributed by atoms with Crippen LogP contribution in [0.3, 0.4) is 0 Å². The van der Waals surface area contributed by atoms with Gasteiger partial charge in [0, 0.05) is 48.7 Å². The quantitative estimate of drug-likeness (QED) is 0.175. The van der Waals surface area contributed by atoms with Crippen molar-refractivity contribution in [3.63, 3.8) is 0 Å². The number of fused-ring (bicyclic) bond motifs is 1. The van der Waals surface area contributed by atoms with Crippen LogP contribution in [0.5, 0.6) is 5.75 Å². The molecule has 3 aromatic carbocycles. The Morgan fingerprint density at radius 3 is 2.63 bits per heavy atom. The van der Waals surface area contributed by atoms with Gasteiger partial charge in [0.2, 0.25) is 5.95 Å². The van der Waals surface area contributed by atoms with Crippen LogP contribution in [0.2, 0.25) is 0 Å². The van der Waals surface area contributed by atoms with Gasteiger partial charge in [-0.2, -0.15) is 0 Å². The molecule has 5 aromatic rings. The lowest BCUT2D eigenvalue weighted by Crippen LogP contribution is -2.43. The number of H-pyrrole nitrogens is 1. The second-order valence-electron chi connectivity index (χ2n) is 12.2. The fraction of sp³-hybridized carbons (Fsp3) is 0.243. The number of benzene rings is 3. The van der Waals surface area contributed by atoms with E-state index in [9.17, 15) is 23.2 Å². The van der Waals surface area contributed by atoms with Crippen molar-refractivity contribution in [1.82, 2.24) is 35.1 Å².